The summed E-state index contributed by atoms with van der Waals surface area (Å²) in [4.78, 5) is 1.88. The highest BCUT2D eigenvalue weighted by atomic mass is 32.2. The smallest absolute Gasteiger partial charge is 0.236 e. The minimum atomic E-state index is -3.51. The van der Waals surface area contributed by atoms with Crippen LogP contribution in [0.2, 0.25) is 0 Å². The Morgan fingerprint density at radius 2 is 2.00 bits per heavy atom. The van der Waals surface area contributed by atoms with Crippen LogP contribution in [0, 0.1) is 0 Å². The van der Waals surface area contributed by atoms with E-state index in [1.165, 1.54) is 9.71 Å². The molecule has 8 heteroatoms. The maximum atomic E-state index is 12.6. The highest BCUT2D eigenvalue weighted by Gasteiger charge is 2.27. The van der Waals surface area contributed by atoms with Gasteiger partial charge in [0.25, 0.3) is 0 Å². The molecule has 1 unspecified atom stereocenters. The van der Waals surface area contributed by atoms with Crippen molar-refractivity contribution in [3.8, 4) is 0 Å². The first kappa shape index (κ1) is 18.8. The average molecular weight is 376 g/mol. The molecule has 0 spiro atoms. The molecule has 0 fully saturated rings. The van der Waals surface area contributed by atoms with Crippen LogP contribution < -0.4 is 0 Å². The highest BCUT2D eigenvalue weighted by Crippen LogP contribution is 2.21. The second-order valence-electron chi connectivity index (χ2n) is 6.65. The minimum absolute atomic E-state index is 0.253. The second kappa shape index (κ2) is 7.71. The van der Waals surface area contributed by atoms with E-state index in [4.69, 9.17) is 0 Å². The molecule has 2 aromatic rings. The maximum absolute atomic E-state index is 12.6. The number of fused-ring (bicyclic) bond motifs is 1. The van der Waals surface area contributed by atoms with Crippen LogP contribution in [-0.2, 0) is 23.1 Å². The molecule has 1 aromatic heterocycles. The van der Waals surface area contributed by atoms with Gasteiger partial charge in [-0.05, 0) is 31.8 Å². The molecule has 0 radical (unpaired) electrons. The maximum Gasteiger partial charge on any atom is 0.236 e. The van der Waals surface area contributed by atoms with Crippen molar-refractivity contribution in [2.45, 2.75) is 19.2 Å². The Morgan fingerprint density at radius 1 is 1.27 bits per heavy atom. The number of sulfonamides is 1. The van der Waals surface area contributed by atoms with Gasteiger partial charge in [0.1, 0.15) is 6.10 Å². The second-order valence-corrected chi connectivity index (χ2v) is 8.47. The molecule has 1 aliphatic rings. The van der Waals surface area contributed by atoms with E-state index in [-0.39, 0.29) is 6.54 Å². The Morgan fingerprint density at radius 3 is 2.69 bits per heavy atom. The standard InChI is InChI=1S/C18H24N4O3S/c1-20(2)14-18(23)17-12-16-13-21(9-10-22(16)19-17)26(24,25)11-8-15-6-4-3-5-7-15/h3-8,11-12,18,23H,9-10,13-14H2,1-2H3/b11-8+. The summed E-state index contributed by atoms with van der Waals surface area (Å²) in [6.07, 6.45) is 0.916. The van der Waals surface area contributed by atoms with Crippen LogP contribution in [0.25, 0.3) is 6.08 Å². The predicted molar refractivity (Wildman–Crippen MR) is 101 cm³/mol. The molecule has 1 aromatic carbocycles. The van der Waals surface area contributed by atoms with Crippen molar-refractivity contribution >= 4 is 16.1 Å². The SMILES string of the molecule is CN(C)CC(O)c1cc2n(n1)CCN(S(=O)(=O)/C=C/c1ccccc1)C2. The van der Waals surface area contributed by atoms with Gasteiger partial charge in [-0.2, -0.15) is 9.40 Å². The Labute approximate surface area is 154 Å². The van der Waals surface area contributed by atoms with Gasteiger partial charge in [-0.15, -0.1) is 0 Å². The quantitative estimate of drug-likeness (QED) is 0.822. The Balaban J connectivity index is 1.73. The molecular formula is C18H24N4O3S. The van der Waals surface area contributed by atoms with Crippen molar-refractivity contribution in [1.82, 2.24) is 19.0 Å². The van der Waals surface area contributed by atoms with Gasteiger partial charge in [0.05, 0.1) is 24.5 Å². The molecule has 1 N–H and O–H groups in total. The summed E-state index contributed by atoms with van der Waals surface area (Å²) in [6.45, 7) is 1.56. The van der Waals surface area contributed by atoms with Crippen molar-refractivity contribution in [3.05, 3.63) is 58.8 Å². The van der Waals surface area contributed by atoms with Crippen LogP contribution in [0.1, 0.15) is 23.1 Å². The van der Waals surface area contributed by atoms with Gasteiger partial charge in [0.2, 0.25) is 10.0 Å². The van der Waals surface area contributed by atoms with Crippen LogP contribution in [0.4, 0.5) is 0 Å². The van der Waals surface area contributed by atoms with Crippen molar-refractivity contribution < 1.29 is 13.5 Å². The molecule has 1 atom stereocenters. The number of hydrogen-bond acceptors (Lipinski definition) is 5. The monoisotopic (exact) mass is 376 g/mol. The molecule has 2 heterocycles. The Hall–Kier alpha value is -2.00. The molecule has 0 amide bonds. The number of aliphatic hydroxyl groups is 1. The van der Waals surface area contributed by atoms with Crippen LogP contribution >= 0.6 is 0 Å². The molecule has 0 saturated heterocycles. The Kier molecular flexibility index (Phi) is 5.57. The molecule has 140 valence electrons. The number of aliphatic hydroxyl groups excluding tert-OH is 1. The van der Waals surface area contributed by atoms with E-state index < -0.39 is 16.1 Å². The number of hydrogen-bond donors (Lipinski definition) is 1. The van der Waals surface area contributed by atoms with Crippen LogP contribution in [0.15, 0.2) is 41.8 Å². The molecule has 7 nitrogen and oxygen atoms in total. The van der Waals surface area contributed by atoms with Gasteiger partial charge in [0.15, 0.2) is 0 Å². The van der Waals surface area contributed by atoms with E-state index in [0.717, 1.165) is 11.3 Å². The van der Waals surface area contributed by atoms with Crippen molar-refractivity contribution in [2.75, 3.05) is 27.2 Å². The number of benzene rings is 1. The summed E-state index contributed by atoms with van der Waals surface area (Å²) in [5.74, 6) is 0. The number of nitrogens with zero attached hydrogens (tertiary/aromatic N) is 4. The fourth-order valence-corrected chi connectivity index (χ4v) is 4.05. The summed E-state index contributed by atoms with van der Waals surface area (Å²) in [6, 6.07) is 11.1. The van der Waals surface area contributed by atoms with E-state index >= 15 is 0 Å². The van der Waals surface area contributed by atoms with Gasteiger partial charge < -0.3 is 10.0 Å². The highest BCUT2D eigenvalue weighted by molar-refractivity contribution is 7.92. The molecule has 26 heavy (non-hydrogen) atoms. The molecule has 0 bridgehead atoms. The summed E-state index contributed by atoms with van der Waals surface area (Å²) in [5, 5.41) is 15.9. The van der Waals surface area contributed by atoms with E-state index in [0.29, 0.717) is 25.3 Å². The number of aromatic nitrogens is 2. The van der Waals surface area contributed by atoms with Crippen molar-refractivity contribution in [1.29, 1.82) is 0 Å². The lowest BCUT2D eigenvalue weighted by Gasteiger charge is -2.25. The summed E-state index contributed by atoms with van der Waals surface area (Å²) >= 11 is 0. The lowest BCUT2D eigenvalue weighted by molar-refractivity contribution is 0.133. The first-order valence-corrected chi connectivity index (χ1v) is 9.98. The molecule has 1 aliphatic heterocycles. The third-order valence-electron chi connectivity index (χ3n) is 4.25. The summed E-state index contributed by atoms with van der Waals surface area (Å²) in [5.41, 5.74) is 2.21. The molecule has 0 aliphatic carbocycles. The summed E-state index contributed by atoms with van der Waals surface area (Å²) in [7, 11) is 0.250. The average Bonchev–Trinajstić information content (AvgIpc) is 3.04. The zero-order chi connectivity index (χ0) is 18.7. The van der Waals surface area contributed by atoms with E-state index in [1.54, 1.807) is 16.8 Å². The number of likely N-dealkylation sites (N-methyl/N-ethyl adjacent to an activating group) is 1. The van der Waals surface area contributed by atoms with Crippen molar-refractivity contribution in [2.24, 2.45) is 0 Å². The largest absolute Gasteiger partial charge is 0.385 e. The molecule has 3 rings (SSSR count). The molecule has 0 saturated carbocycles. The topological polar surface area (TPSA) is 78.7 Å². The zero-order valence-corrected chi connectivity index (χ0v) is 15.8. The van der Waals surface area contributed by atoms with E-state index in [1.807, 2.05) is 49.3 Å². The van der Waals surface area contributed by atoms with E-state index in [9.17, 15) is 13.5 Å². The third-order valence-corrected chi connectivity index (χ3v) is 5.76. The van der Waals surface area contributed by atoms with Gasteiger partial charge >= 0.3 is 0 Å². The lowest BCUT2D eigenvalue weighted by Crippen LogP contribution is -2.37. The fourth-order valence-electron chi connectivity index (χ4n) is 2.90. The third kappa shape index (κ3) is 4.39. The van der Waals surface area contributed by atoms with Crippen LogP contribution in [-0.4, -0.2) is 59.7 Å². The predicted octanol–water partition coefficient (Wildman–Crippen LogP) is 1.29. The van der Waals surface area contributed by atoms with Crippen LogP contribution in [0.3, 0.4) is 0 Å². The van der Waals surface area contributed by atoms with Gasteiger partial charge in [0, 0.05) is 18.5 Å². The lowest BCUT2D eigenvalue weighted by atomic mass is 10.2. The van der Waals surface area contributed by atoms with Gasteiger partial charge in [-0.3, -0.25) is 4.68 Å². The number of rotatable bonds is 6. The normalized spacial score (nSPS) is 16.9. The van der Waals surface area contributed by atoms with Crippen molar-refractivity contribution in [3.63, 3.8) is 0 Å². The first-order chi connectivity index (χ1) is 12.3. The minimum Gasteiger partial charge on any atom is -0.385 e. The first-order valence-electron chi connectivity index (χ1n) is 8.48. The molecular weight excluding hydrogens is 352 g/mol. The zero-order valence-electron chi connectivity index (χ0n) is 15.0. The van der Waals surface area contributed by atoms with Gasteiger partial charge in [-0.25, -0.2) is 8.42 Å². The van der Waals surface area contributed by atoms with E-state index in [2.05, 4.69) is 5.10 Å². The fraction of sp³-hybridized carbons (Fsp3) is 0.389. The Bertz CT molecular complexity index is 875. The van der Waals surface area contributed by atoms with Gasteiger partial charge in [-0.1, -0.05) is 30.3 Å². The summed E-state index contributed by atoms with van der Waals surface area (Å²) < 4.78 is 28.4. The van der Waals surface area contributed by atoms with Crippen LogP contribution in [0.5, 0.6) is 0 Å².